The minimum Gasteiger partial charge on any atom is -0.290 e. The van der Waals surface area contributed by atoms with Crippen LogP contribution < -0.4 is 5.32 Å². The Kier molecular flexibility index (Phi) is 6.48. The monoisotopic (exact) mass is 229 g/mol. The van der Waals surface area contributed by atoms with E-state index in [2.05, 4.69) is 35.2 Å². The molecule has 0 aliphatic carbocycles. The van der Waals surface area contributed by atoms with Gasteiger partial charge >= 0.3 is 0 Å². The predicted octanol–water partition coefficient (Wildman–Crippen LogP) is 1.10. The quantitative estimate of drug-likeness (QED) is 0.497. The molecule has 1 saturated heterocycles. The molecule has 4 heteroatoms. The average molecular weight is 229 g/mol. The van der Waals surface area contributed by atoms with Gasteiger partial charge in [0.05, 0.1) is 0 Å². The number of nitrogens with one attached hydrogen (secondary N) is 1. The largest absolute Gasteiger partial charge is 0.290 e. The van der Waals surface area contributed by atoms with Gasteiger partial charge in [-0.05, 0) is 32.5 Å². The van der Waals surface area contributed by atoms with Gasteiger partial charge in [-0.2, -0.15) is 0 Å². The van der Waals surface area contributed by atoms with Crippen LogP contribution in [0.25, 0.3) is 0 Å². The van der Waals surface area contributed by atoms with E-state index >= 15 is 0 Å². The first-order valence-corrected chi connectivity index (χ1v) is 7.81. The third-order valence-electron chi connectivity index (χ3n) is 3.12. The molecule has 0 aromatic heterocycles. The van der Waals surface area contributed by atoms with E-state index < -0.39 is 0 Å². The Morgan fingerprint density at radius 1 is 1.07 bits per heavy atom. The summed E-state index contributed by atoms with van der Waals surface area (Å²) in [5, 5.41) is 3.67. The highest BCUT2D eigenvalue weighted by molar-refractivity contribution is 6.32. The van der Waals surface area contributed by atoms with E-state index in [1.165, 1.54) is 45.3 Å². The summed E-state index contributed by atoms with van der Waals surface area (Å²) in [6.07, 6.45) is 5.85. The maximum Gasteiger partial charge on any atom is 0.177 e. The van der Waals surface area contributed by atoms with Gasteiger partial charge in [-0.1, -0.05) is 33.6 Å². The molecular weight excluding hydrogens is 202 g/mol. The van der Waals surface area contributed by atoms with Crippen LogP contribution in [0.3, 0.4) is 0 Å². The highest BCUT2D eigenvalue weighted by Gasteiger charge is 2.34. The van der Waals surface area contributed by atoms with Gasteiger partial charge in [0.25, 0.3) is 0 Å². The second-order valence-corrected chi connectivity index (χ2v) is 6.30. The lowest BCUT2D eigenvalue weighted by molar-refractivity contribution is 0.0671. The number of rotatable bonds is 8. The van der Waals surface area contributed by atoms with Crippen molar-refractivity contribution < 1.29 is 0 Å². The van der Waals surface area contributed by atoms with Gasteiger partial charge in [-0.25, -0.2) is 0 Å². The van der Waals surface area contributed by atoms with Crippen LogP contribution in [-0.4, -0.2) is 44.9 Å². The van der Waals surface area contributed by atoms with Gasteiger partial charge in [-0.3, -0.25) is 14.4 Å². The first kappa shape index (κ1) is 13.2. The average Bonchev–Trinajstić information content (AvgIpc) is 2.23. The molecule has 1 N–H and O–H groups in total. The lowest BCUT2D eigenvalue weighted by atomic mass is 10.3. The molecule has 1 fully saturated rings. The van der Waals surface area contributed by atoms with Crippen molar-refractivity contribution in [1.82, 2.24) is 14.4 Å². The van der Waals surface area contributed by atoms with Crippen molar-refractivity contribution in [1.29, 1.82) is 0 Å². The molecule has 1 aliphatic rings. The van der Waals surface area contributed by atoms with Crippen LogP contribution in [0.1, 0.15) is 46.5 Å². The normalized spacial score (nSPS) is 24.6. The van der Waals surface area contributed by atoms with Crippen molar-refractivity contribution in [2.75, 3.05) is 19.6 Å². The fourth-order valence-electron chi connectivity index (χ4n) is 2.02. The Hall–Kier alpha value is 0.0969. The van der Waals surface area contributed by atoms with Gasteiger partial charge in [0.15, 0.2) is 9.84 Å². The van der Waals surface area contributed by atoms with Gasteiger partial charge in [-0.15, -0.1) is 0 Å². The SMILES string of the molecule is CCCCNC1N(CC)[SiH2]N1CCCC. The van der Waals surface area contributed by atoms with Crippen LogP contribution >= 0.6 is 0 Å². The number of hydrogen-bond donors (Lipinski definition) is 1. The van der Waals surface area contributed by atoms with Crippen molar-refractivity contribution >= 4 is 9.84 Å². The van der Waals surface area contributed by atoms with Gasteiger partial charge in [0, 0.05) is 0 Å². The summed E-state index contributed by atoms with van der Waals surface area (Å²) in [6.45, 7) is 10.5. The zero-order valence-corrected chi connectivity index (χ0v) is 12.0. The molecule has 1 aliphatic heterocycles. The van der Waals surface area contributed by atoms with Crippen molar-refractivity contribution in [2.45, 2.75) is 52.7 Å². The van der Waals surface area contributed by atoms with Crippen LogP contribution in [0.4, 0.5) is 0 Å². The third kappa shape index (κ3) is 3.87. The third-order valence-corrected chi connectivity index (χ3v) is 5.30. The number of unbranched alkanes of at least 4 members (excludes halogenated alkanes) is 2. The lowest BCUT2D eigenvalue weighted by Gasteiger charge is -2.51. The lowest BCUT2D eigenvalue weighted by Crippen LogP contribution is -2.72. The maximum absolute atomic E-state index is 3.67. The zero-order chi connectivity index (χ0) is 11.1. The van der Waals surface area contributed by atoms with Gasteiger partial charge in [0.2, 0.25) is 0 Å². The molecule has 0 amide bonds. The molecule has 3 nitrogen and oxygen atoms in total. The molecule has 0 radical (unpaired) electrons. The molecule has 90 valence electrons. The zero-order valence-electron chi connectivity index (χ0n) is 10.6. The molecule has 0 spiro atoms. The second-order valence-electron chi connectivity index (χ2n) is 4.39. The fourth-order valence-corrected chi connectivity index (χ4v) is 3.77. The van der Waals surface area contributed by atoms with E-state index in [4.69, 9.17) is 0 Å². The first-order valence-electron chi connectivity index (χ1n) is 6.54. The standard InChI is InChI=1S/C11H27N3Si/c1-4-7-9-12-11-13(6-3)15-14(11)10-8-5-2/h11-12H,4-10,15H2,1-3H3. The predicted molar refractivity (Wildman–Crippen MR) is 69.2 cm³/mol. The minimum absolute atomic E-state index is 0.0649. The summed E-state index contributed by atoms with van der Waals surface area (Å²) in [5.74, 6) is 0. The van der Waals surface area contributed by atoms with Gasteiger partial charge < -0.3 is 0 Å². The van der Waals surface area contributed by atoms with E-state index in [0.29, 0.717) is 6.29 Å². The van der Waals surface area contributed by atoms with E-state index in [0.717, 1.165) is 0 Å². The summed E-state index contributed by atoms with van der Waals surface area (Å²) in [4.78, 5) is 0. The van der Waals surface area contributed by atoms with E-state index in [1.807, 2.05) is 0 Å². The smallest absolute Gasteiger partial charge is 0.177 e. The summed E-state index contributed by atoms with van der Waals surface area (Å²) >= 11 is 0. The molecular formula is C11H27N3Si. The second kappa shape index (κ2) is 7.38. The van der Waals surface area contributed by atoms with Crippen molar-refractivity contribution in [3.05, 3.63) is 0 Å². The Labute approximate surface area is 97.2 Å². The van der Waals surface area contributed by atoms with Crippen LogP contribution in [0.15, 0.2) is 0 Å². The Morgan fingerprint density at radius 3 is 2.40 bits per heavy atom. The summed E-state index contributed by atoms with van der Waals surface area (Å²) in [6, 6.07) is 0. The number of nitrogens with zero attached hydrogens (tertiary/aromatic N) is 2. The van der Waals surface area contributed by atoms with E-state index in [-0.39, 0.29) is 9.84 Å². The van der Waals surface area contributed by atoms with E-state index in [1.54, 1.807) is 0 Å². The van der Waals surface area contributed by atoms with Gasteiger partial charge in [0.1, 0.15) is 6.29 Å². The topological polar surface area (TPSA) is 18.5 Å². The van der Waals surface area contributed by atoms with E-state index in [9.17, 15) is 0 Å². The maximum atomic E-state index is 3.67. The Balaban J connectivity index is 2.21. The van der Waals surface area contributed by atoms with Crippen molar-refractivity contribution in [2.24, 2.45) is 0 Å². The molecule has 0 aromatic carbocycles. The molecule has 1 atom stereocenters. The minimum atomic E-state index is -0.0649. The highest BCUT2D eigenvalue weighted by Crippen LogP contribution is 2.14. The number of hydrogen-bond acceptors (Lipinski definition) is 3. The Morgan fingerprint density at radius 2 is 1.80 bits per heavy atom. The summed E-state index contributed by atoms with van der Waals surface area (Å²) in [7, 11) is -0.0649. The van der Waals surface area contributed by atoms with Crippen LogP contribution in [0.2, 0.25) is 0 Å². The Bertz CT molecular complexity index is 164. The summed E-state index contributed by atoms with van der Waals surface area (Å²) in [5.41, 5.74) is 0. The fraction of sp³-hybridized carbons (Fsp3) is 1.00. The molecule has 0 saturated carbocycles. The molecule has 0 aromatic rings. The first-order chi connectivity index (χ1) is 7.33. The molecule has 1 rings (SSSR count). The van der Waals surface area contributed by atoms with Crippen molar-refractivity contribution in [3.63, 3.8) is 0 Å². The van der Waals surface area contributed by atoms with Crippen LogP contribution in [-0.2, 0) is 0 Å². The van der Waals surface area contributed by atoms with Crippen LogP contribution in [0.5, 0.6) is 0 Å². The summed E-state index contributed by atoms with van der Waals surface area (Å²) < 4.78 is 5.31. The molecule has 15 heavy (non-hydrogen) atoms. The highest BCUT2D eigenvalue weighted by atomic mass is 28.2. The molecule has 0 bridgehead atoms. The van der Waals surface area contributed by atoms with Crippen LogP contribution in [0, 0.1) is 0 Å². The molecule has 1 unspecified atom stereocenters. The van der Waals surface area contributed by atoms with Crippen molar-refractivity contribution in [3.8, 4) is 0 Å². The molecule has 1 heterocycles.